The Bertz CT molecular complexity index is 970. The third-order valence-corrected chi connectivity index (χ3v) is 11.0. The Balaban J connectivity index is 1.34. The molecule has 1 amide bonds. The minimum atomic E-state index is -3.91. The largest absolute Gasteiger partial charge is 0.459 e. The number of rotatable bonds is 7. The van der Waals surface area contributed by atoms with Crippen LogP contribution in [0.2, 0.25) is 0 Å². The zero-order valence-corrected chi connectivity index (χ0v) is 20.2. The van der Waals surface area contributed by atoms with E-state index in [0.29, 0.717) is 38.5 Å². The van der Waals surface area contributed by atoms with Crippen LogP contribution in [0.25, 0.3) is 0 Å². The monoisotopic (exact) mass is 465 g/mol. The molecule has 0 aromatic rings. The highest BCUT2D eigenvalue weighted by molar-refractivity contribution is 7.90. The van der Waals surface area contributed by atoms with Gasteiger partial charge in [-0.2, -0.15) is 0 Å². The van der Waals surface area contributed by atoms with Crippen molar-refractivity contribution in [1.29, 1.82) is 0 Å². The number of sulfonamides is 1. The fourth-order valence-corrected chi connectivity index (χ4v) is 9.39. The summed E-state index contributed by atoms with van der Waals surface area (Å²) >= 11 is 0. The van der Waals surface area contributed by atoms with Crippen molar-refractivity contribution < 1.29 is 27.5 Å². The number of fused-ring (bicyclic) bond motifs is 1. The minimum Gasteiger partial charge on any atom is -0.459 e. The Labute approximate surface area is 190 Å². The lowest BCUT2D eigenvalue weighted by molar-refractivity contribution is -0.210. The summed E-state index contributed by atoms with van der Waals surface area (Å²) in [7, 11) is -3.91. The molecule has 6 aliphatic rings. The second-order valence-corrected chi connectivity index (χ2v) is 14.0. The maximum Gasteiger partial charge on any atom is 0.312 e. The molecule has 0 aliphatic heterocycles. The molecule has 8 heteroatoms. The van der Waals surface area contributed by atoms with E-state index in [2.05, 4.69) is 4.72 Å². The van der Waals surface area contributed by atoms with Gasteiger partial charge in [0, 0.05) is 18.3 Å². The maximum absolute atomic E-state index is 13.5. The first-order valence-electron chi connectivity index (χ1n) is 12.1. The van der Waals surface area contributed by atoms with Crippen LogP contribution in [0.3, 0.4) is 0 Å². The maximum atomic E-state index is 13.5. The average Bonchev–Trinajstić information content (AvgIpc) is 2.67. The van der Waals surface area contributed by atoms with Crippen molar-refractivity contribution in [2.24, 2.45) is 34.0 Å². The lowest BCUT2D eigenvalue weighted by atomic mass is 9.47. The standard InChI is InChI=1S/C24H35NO6S/c1-4-21(2,3)20(28)31-23-11-15-7-16(12-23)10-22(9-15,13-23)19(27)25-32(29,30)14-24-6-5-17(24)8-18(24)26/h15-17H,4-14H2,1-3H3,(H,25,27). The van der Waals surface area contributed by atoms with Gasteiger partial charge in [-0.1, -0.05) is 6.92 Å². The predicted molar refractivity (Wildman–Crippen MR) is 117 cm³/mol. The molecule has 7 nitrogen and oxygen atoms in total. The van der Waals surface area contributed by atoms with Gasteiger partial charge < -0.3 is 4.74 Å². The molecule has 0 saturated heterocycles. The Morgan fingerprint density at radius 2 is 1.81 bits per heavy atom. The van der Waals surface area contributed by atoms with Gasteiger partial charge in [0.15, 0.2) is 0 Å². The smallest absolute Gasteiger partial charge is 0.312 e. The molecule has 6 rings (SSSR count). The van der Waals surface area contributed by atoms with E-state index in [1.807, 2.05) is 20.8 Å². The van der Waals surface area contributed by atoms with Crippen molar-refractivity contribution >= 4 is 27.7 Å². The van der Waals surface area contributed by atoms with Gasteiger partial charge in [0.2, 0.25) is 15.9 Å². The fourth-order valence-electron chi connectivity index (χ4n) is 7.60. The highest BCUT2D eigenvalue weighted by atomic mass is 32.2. The summed E-state index contributed by atoms with van der Waals surface area (Å²) in [5.41, 5.74) is -2.82. The Hall–Kier alpha value is -1.44. The molecule has 0 radical (unpaired) electrons. The van der Waals surface area contributed by atoms with Crippen molar-refractivity contribution in [1.82, 2.24) is 4.72 Å². The minimum absolute atomic E-state index is 0.0192. The molecule has 6 saturated carbocycles. The number of ketones is 1. The number of ether oxygens (including phenoxy) is 1. The Kier molecular flexibility index (Phi) is 4.75. The molecule has 0 aromatic heterocycles. The van der Waals surface area contributed by atoms with E-state index in [4.69, 9.17) is 4.74 Å². The number of carbonyl (C=O) groups is 3. The molecule has 1 N–H and O–H groups in total. The zero-order valence-electron chi connectivity index (χ0n) is 19.4. The van der Waals surface area contributed by atoms with E-state index in [1.165, 1.54) is 0 Å². The number of esters is 1. The van der Waals surface area contributed by atoms with E-state index >= 15 is 0 Å². The summed E-state index contributed by atoms with van der Waals surface area (Å²) < 4.78 is 34.4. The van der Waals surface area contributed by atoms with Crippen LogP contribution in [-0.4, -0.2) is 37.4 Å². The quantitative estimate of drug-likeness (QED) is 0.579. The van der Waals surface area contributed by atoms with Gasteiger partial charge in [-0.15, -0.1) is 0 Å². The van der Waals surface area contributed by atoms with E-state index in [0.717, 1.165) is 25.7 Å². The number of amides is 1. The summed E-state index contributed by atoms with van der Waals surface area (Å²) in [4.78, 5) is 38.5. The van der Waals surface area contributed by atoms with Crippen LogP contribution >= 0.6 is 0 Å². The number of carbonyl (C=O) groups excluding carboxylic acids is 3. The van der Waals surface area contributed by atoms with E-state index in [9.17, 15) is 22.8 Å². The zero-order chi connectivity index (χ0) is 23.2. The number of Topliss-reactive ketones (excluding diaryl/α,β-unsaturated/α-hetero) is 1. The molecule has 178 valence electrons. The van der Waals surface area contributed by atoms with Crippen LogP contribution in [-0.2, 0) is 29.1 Å². The van der Waals surface area contributed by atoms with Crippen molar-refractivity contribution in [3.8, 4) is 0 Å². The van der Waals surface area contributed by atoms with Crippen molar-refractivity contribution in [3.63, 3.8) is 0 Å². The van der Waals surface area contributed by atoms with Gasteiger partial charge in [0.25, 0.3) is 0 Å². The molecule has 4 atom stereocenters. The molecule has 0 aromatic carbocycles. The first kappa shape index (κ1) is 22.4. The van der Waals surface area contributed by atoms with Gasteiger partial charge in [-0.05, 0) is 83.0 Å². The van der Waals surface area contributed by atoms with Gasteiger partial charge >= 0.3 is 5.97 Å². The topological polar surface area (TPSA) is 107 Å². The van der Waals surface area contributed by atoms with Gasteiger partial charge in [0.1, 0.15) is 11.4 Å². The number of hydrogen-bond acceptors (Lipinski definition) is 6. The SMILES string of the molecule is CCC(C)(C)C(=O)OC12CC3CC(C1)CC(C(=O)NS(=O)(=O)CC14CCC1CC4=O)(C3)C2. The molecular formula is C24H35NO6S. The first-order chi connectivity index (χ1) is 14.8. The summed E-state index contributed by atoms with van der Waals surface area (Å²) in [6.45, 7) is 5.71. The molecule has 0 spiro atoms. The Morgan fingerprint density at radius 3 is 2.31 bits per heavy atom. The number of nitrogens with one attached hydrogen (secondary N) is 1. The second kappa shape index (κ2) is 6.80. The molecular weight excluding hydrogens is 430 g/mol. The number of hydrogen-bond donors (Lipinski definition) is 1. The van der Waals surface area contributed by atoms with Crippen molar-refractivity contribution in [2.75, 3.05) is 5.75 Å². The predicted octanol–water partition coefficient (Wildman–Crippen LogP) is 3.12. The molecule has 6 fully saturated rings. The van der Waals surface area contributed by atoms with E-state index in [-0.39, 0.29) is 35.3 Å². The lowest BCUT2D eigenvalue weighted by Gasteiger charge is -2.60. The van der Waals surface area contributed by atoms with E-state index in [1.54, 1.807) is 0 Å². The molecule has 0 heterocycles. The molecule has 4 unspecified atom stereocenters. The third-order valence-electron chi connectivity index (χ3n) is 9.64. The third kappa shape index (κ3) is 3.26. The van der Waals surface area contributed by atoms with Crippen LogP contribution in [0.1, 0.15) is 85.0 Å². The molecule has 4 bridgehead atoms. The molecule has 32 heavy (non-hydrogen) atoms. The molecule has 6 aliphatic carbocycles. The van der Waals surface area contributed by atoms with Crippen LogP contribution < -0.4 is 4.72 Å². The highest BCUT2D eigenvalue weighted by Crippen LogP contribution is 2.63. The van der Waals surface area contributed by atoms with Gasteiger partial charge in [-0.25, -0.2) is 8.42 Å². The van der Waals surface area contributed by atoms with Crippen molar-refractivity contribution in [3.05, 3.63) is 0 Å². The highest BCUT2D eigenvalue weighted by Gasteiger charge is 2.65. The summed E-state index contributed by atoms with van der Waals surface area (Å²) in [6.07, 6.45) is 6.86. The lowest BCUT2D eigenvalue weighted by Crippen LogP contribution is -2.64. The van der Waals surface area contributed by atoms with Crippen LogP contribution in [0.4, 0.5) is 0 Å². The summed E-state index contributed by atoms with van der Waals surface area (Å²) in [5, 5.41) is 0. The second-order valence-electron chi connectivity index (χ2n) is 12.3. The average molecular weight is 466 g/mol. The Morgan fingerprint density at radius 1 is 1.16 bits per heavy atom. The van der Waals surface area contributed by atoms with Crippen LogP contribution in [0.15, 0.2) is 0 Å². The van der Waals surface area contributed by atoms with Crippen molar-refractivity contribution in [2.45, 2.75) is 90.6 Å². The van der Waals surface area contributed by atoms with Crippen LogP contribution in [0.5, 0.6) is 0 Å². The van der Waals surface area contributed by atoms with Gasteiger partial charge in [-0.3, -0.25) is 19.1 Å². The van der Waals surface area contributed by atoms with Crippen LogP contribution in [0, 0.1) is 34.0 Å². The summed E-state index contributed by atoms with van der Waals surface area (Å²) in [6, 6.07) is 0. The summed E-state index contributed by atoms with van der Waals surface area (Å²) in [5.74, 6) is -0.250. The fraction of sp³-hybridized carbons (Fsp3) is 0.875. The first-order valence-corrected chi connectivity index (χ1v) is 13.8. The normalized spacial score (nSPS) is 42.0. The van der Waals surface area contributed by atoms with Gasteiger partial charge in [0.05, 0.1) is 16.6 Å². The van der Waals surface area contributed by atoms with E-state index < -0.39 is 37.8 Å².